The first-order valence-electron chi connectivity index (χ1n) is 4.68. The van der Waals surface area contributed by atoms with Gasteiger partial charge in [0.1, 0.15) is 0 Å². The SMILES string of the molecule is COc1c(F)c(Br)cc(C(C)(C)CO)c1F. The van der Waals surface area contributed by atoms with Crippen LogP contribution in [0.2, 0.25) is 0 Å². The van der Waals surface area contributed by atoms with Gasteiger partial charge in [-0.1, -0.05) is 13.8 Å². The summed E-state index contributed by atoms with van der Waals surface area (Å²) in [4.78, 5) is 0. The number of methoxy groups -OCH3 is 1. The van der Waals surface area contributed by atoms with Gasteiger partial charge in [0.2, 0.25) is 0 Å². The highest BCUT2D eigenvalue weighted by Gasteiger charge is 2.28. The molecule has 0 atom stereocenters. The number of aliphatic hydroxyl groups is 1. The van der Waals surface area contributed by atoms with Crippen molar-refractivity contribution in [1.29, 1.82) is 0 Å². The van der Waals surface area contributed by atoms with E-state index >= 15 is 0 Å². The van der Waals surface area contributed by atoms with Crippen LogP contribution >= 0.6 is 15.9 Å². The van der Waals surface area contributed by atoms with E-state index in [0.29, 0.717) is 0 Å². The van der Waals surface area contributed by atoms with Gasteiger partial charge >= 0.3 is 0 Å². The summed E-state index contributed by atoms with van der Waals surface area (Å²) in [6.45, 7) is 3.08. The van der Waals surface area contributed by atoms with Crippen LogP contribution in [0.5, 0.6) is 5.75 Å². The summed E-state index contributed by atoms with van der Waals surface area (Å²) in [6, 6.07) is 1.32. The minimum atomic E-state index is -0.798. The van der Waals surface area contributed by atoms with Crippen LogP contribution in [-0.4, -0.2) is 18.8 Å². The van der Waals surface area contributed by atoms with Gasteiger partial charge in [-0.3, -0.25) is 0 Å². The molecule has 5 heteroatoms. The molecular formula is C11H13BrF2O2. The highest BCUT2D eigenvalue weighted by Crippen LogP contribution is 2.36. The van der Waals surface area contributed by atoms with Crippen molar-refractivity contribution in [2.75, 3.05) is 13.7 Å². The molecule has 0 amide bonds. The van der Waals surface area contributed by atoms with Gasteiger partial charge in [0, 0.05) is 11.0 Å². The first-order chi connectivity index (χ1) is 7.35. The zero-order valence-electron chi connectivity index (χ0n) is 9.27. The van der Waals surface area contributed by atoms with Crippen LogP contribution in [0.3, 0.4) is 0 Å². The van der Waals surface area contributed by atoms with Crippen molar-refractivity contribution in [1.82, 2.24) is 0 Å². The third-order valence-corrected chi connectivity index (χ3v) is 3.02. The molecule has 1 aromatic rings. The maximum atomic E-state index is 13.9. The lowest BCUT2D eigenvalue weighted by Gasteiger charge is -2.24. The Labute approximate surface area is 101 Å². The van der Waals surface area contributed by atoms with Gasteiger partial charge in [-0.15, -0.1) is 0 Å². The number of halogens is 3. The lowest BCUT2D eigenvalue weighted by Crippen LogP contribution is -2.24. The molecule has 16 heavy (non-hydrogen) atoms. The summed E-state index contributed by atoms with van der Waals surface area (Å²) in [5.41, 5.74) is -0.590. The molecule has 1 N–H and O–H groups in total. The number of hydrogen-bond acceptors (Lipinski definition) is 2. The summed E-state index contributed by atoms with van der Waals surface area (Å²) in [6.07, 6.45) is 0. The third kappa shape index (κ3) is 2.20. The summed E-state index contributed by atoms with van der Waals surface area (Å²) < 4.78 is 32.1. The molecule has 0 aliphatic rings. The predicted octanol–water partition coefficient (Wildman–Crippen LogP) is 3.01. The number of aliphatic hydroxyl groups excluding tert-OH is 1. The molecule has 0 heterocycles. The smallest absolute Gasteiger partial charge is 0.191 e. The zero-order valence-corrected chi connectivity index (χ0v) is 10.9. The second-order valence-corrected chi connectivity index (χ2v) is 4.96. The first-order valence-corrected chi connectivity index (χ1v) is 5.47. The van der Waals surface area contributed by atoms with Crippen LogP contribution in [0.25, 0.3) is 0 Å². The summed E-state index contributed by atoms with van der Waals surface area (Å²) in [5, 5.41) is 9.18. The standard InChI is InChI=1S/C11H13BrF2O2/c1-11(2,5-15)6-4-7(12)9(14)10(16-3)8(6)13/h4,15H,5H2,1-3H3. The van der Waals surface area contributed by atoms with Crippen molar-refractivity contribution < 1.29 is 18.6 Å². The van der Waals surface area contributed by atoms with Crippen molar-refractivity contribution in [3.63, 3.8) is 0 Å². The van der Waals surface area contributed by atoms with E-state index in [0.717, 1.165) is 0 Å². The highest BCUT2D eigenvalue weighted by molar-refractivity contribution is 9.10. The monoisotopic (exact) mass is 294 g/mol. The highest BCUT2D eigenvalue weighted by atomic mass is 79.9. The fraction of sp³-hybridized carbons (Fsp3) is 0.455. The zero-order chi connectivity index (χ0) is 12.5. The van der Waals surface area contributed by atoms with E-state index in [-0.39, 0.29) is 16.6 Å². The molecule has 0 radical (unpaired) electrons. The quantitative estimate of drug-likeness (QED) is 0.869. The molecule has 0 fully saturated rings. The Morgan fingerprint density at radius 2 is 1.94 bits per heavy atom. The van der Waals surface area contributed by atoms with Gasteiger partial charge in [0.05, 0.1) is 18.2 Å². The van der Waals surface area contributed by atoms with Crippen LogP contribution in [-0.2, 0) is 5.41 Å². The van der Waals surface area contributed by atoms with E-state index in [1.54, 1.807) is 13.8 Å². The maximum absolute atomic E-state index is 13.9. The average Bonchev–Trinajstić information content (AvgIpc) is 2.24. The number of ether oxygens (including phenoxy) is 1. The molecule has 0 unspecified atom stereocenters. The maximum Gasteiger partial charge on any atom is 0.191 e. The van der Waals surface area contributed by atoms with Crippen molar-refractivity contribution in [3.05, 3.63) is 27.7 Å². The summed E-state index contributed by atoms with van der Waals surface area (Å²) >= 11 is 2.99. The average molecular weight is 295 g/mol. The lowest BCUT2D eigenvalue weighted by atomic mass is 9.85. The van der Waals surface area contributed by atoms with Crippen LogP contribution in [0.15, 0.2) is 10.5 Å². The Morgan fingerprint density at radius 3 is 2.38 bits per heavy atom. The van der Waals surface area contributed by atoms with Gasteiger partial charge in [-0.2, -0.15) is 0 Å². The number of hydrogen-bond donors (Lipinski definition) is 1. The molecule has 0 spiro atoms. The fourth-order valence-electron chi connectivity index (χ4n) is 1.34. The minimum Gasteiger partial charge on any atom is -0.491 e. The second kappa shape index (κ2) is 4.67. The predicted molar refractivity (Wildman–Crippen MR) is 60.7 cm³/mol. The Balaban J connectivity index is 3.49. The van der Waals surface area contributed by atoms with Crippen LogP contribution in [0, 0.1) is 11.6 Å². The summed E-state index contributed by atoms with van der Waals surface area (Å²) in [5.74, 6) is -1.99. The largest absolute Gasteiger partial charge is 0.491 e. The molecule has 0 aliphatic carbocycles. The molecular weight excluding hydrogens is 282 g/mol. The molecule has 0 aromatic heterocycles. The second-order valence-electron chi connectivity index (χ2n) is 4.11. The molecule has 2 nitrogen and oxygen atoms in total. The van der Waals surface area contributed by atoms with E-state index in [4.69, 9.17) is 0 Å². The molecule has 1 rings (SSSR count). The topological polar surface area (TPSA) is 29.5 Å². The van der Waals surface area contributed by atoms with Gasteiger partial charge in [-0.25, -0.2) is 8.78 Å². The fourth-order valence-corrected chi connectivity index (χ4v) is 1.75. The van der Waals surface area contributed by atoms with Crippen molar-refractivity contribution >= 4 is 15.9 Å². The molecule has 0 saturated carbocycles. The first kappa shape index (κ1) is 13.4. The normalized spacial score (nSPS) is 11.7. The van der Waals surface area contributed by atoms with Crippen LogP contribution < -0.4 is 4.74 Å². The number of benzene rings is 1. The van der Waals surface area contributed by atoms with Crippen LogP contribution in [0.4, 0.5) is 8.78 Å². The summed E-state index contributed by atoms with van der Waals surface area (Å²) in [7, 11) is 1.20. The van der Waals surface area contributed by atoms with Gasteiger partial charge in [-0.05, 0) is 22.0 Å². The van der Waals surface area contributed by atoms with Gasteiger partial charge in [0.25, 0.3) is 0 Å². The van der Waals surface area contributed by atoms with Gasteiger partial charge in [0.15, 0.2) is 17.4 Å². The lowest BCUT2D eigenvalue weighted by molar-refractivity contribution is 0.213. The number of rotatable bonds is 3. The molecule has 90 valence electrons. The Bertz CT molecular complexity index is 405. The van der Waals surface area contributed by atoms with E-state index in [1.165, 1.54) is 13.2 Å². The van der Waals surface area contributed by atoms with E-state index in [2.05, 4.69) is 20.7 Å². The molecule has 0 saturated heterocycles. The van der Waals surface area contributed by atoms with Crippen molar-refractivity contribution in [3.8, 4) is 5.75 Å². The Morgan fingerprint density at radius 1 is 1.38 bits per heavy atom. The van der Waals surface area contributed by atoms with E-state index in [1.807, 2.05) is 0 Å². The molecule has 1 aromatic carbocycles. The molecule has 0 aliphatic heterocycles. The van der Waals surface area contributed by atoms with Gasteiger partial charge < -0.3 is 9.84 Å². The third-order valence-electron chi connectivity index (χ3n) is 2.44. The Kier molecular flexibility index (Phi) is 3.91. The van der Waals surface area contributed by atoms with Crippen molar-refractivity contribution in [2.24, 2.45) is 0 Å². The van der Waals surface area contributed by atoms with E-state index < -0.39 is 22.8 Å². The van der Waals surface area contributed by atoms with E-state index in [9.17, 15) is 13.9 Å². The molecule has 0 bridgehead atoms. The Hall–Kier alpha value is -0.680. The van der Waals surface area contributed by atoms with Crippen molar-refractivity contribution in [2.45, 2.75) is 19.3 Å². The van der Waals surface area contributed by atoms with Crippen LogP contribution in [0.1, 0.15) is 19.4 Å². The minimum absolute atomic E-state index is 0.113.